The van der Waals surface area contributed by atoms with E-state index in [9.17, 15) is 0 Å². The lowest BCUT2D eigenvalue weighted by molar-refractivity contribution is 0.923. The van der Waals surface area contributed by atoms with Crippen molar-refractivity contribution >= 4 is 12.6 Å². The van der Waals surface area contributed by atoms with Gasteiger partial charge >= 0.3 is 0 Å². The highest BCUT2D eigenvalue weighted by atomic mass is 32.1. The van der Waals surface area contributed by atoms with Crippen LogP contribution in [0.15, 0.2) is 53.4 Å². The summed E-state index contributed by atoms with van der Waals surface area (Å²) in [5, 5.41) is 0. The van der Waals surface area contributed by atoms with E-state index in [1.807, 2.05) is 6.07 Å². The van der Waals surface area contributed by atoms with Crippen LogP contribution < -0.4 is 0 Å². The van der Waals surface area contributed by atoms with E-state index in [2.05, 4.69) is 62.0 Å². The molecule has 0 radical (unpaired) electrons. The maximum absolute atomic E-state index is 4.39. The predicted molar refractivity (Wildman–Crippen MR) is 73.1 cm³/mol. The van der Waals surface area contributed by atoms with Crippen LogP contribution in [0.2, 0.25) is 0 Å². The fourth-order valence-electron chi connectivity index (χ4n) is 1.96. The molecule has 0 unspecified atom stereocenters. The summed E-state index contributed by atoms with van der Waals surface area (Å²) in [5.74, 6) is 0. The lowest BCUT2D eigenvalue weighted by atomic mass is 9.97. The molecule has 0 fully saturated rings. The van der Waals surface area contributed by atoms with E-state index in [-0.39, 0.29) is 0 Å². The molecule has 0 aromatic heterocycles. The van der Waals surface area contributed by atoms with Crippen LogP contribution in [0, 0.1) is 0 Å². The zero-order valence-electron chi connectivity index (χ0n) is 9.48. The standard InChI is InChI=1S/C15H16S/c1-2-6-12-7-3-4-10-15(12)13-8-5-9-14(16)11-13/h3-5,7-11,16H,2,6H2,1H3. The molecule has 0 bridgehead atoms. The molecule has 0 atom stereocenters. The second-order valence-corrected chi connectivity index (χ2v) is 4.47. The monoisotopic (exact) mass is 228 g/mol. The van der Waals surface area contributed by atoms with Gasteiger partial charge in [0.1, 0.15) is 0 Å². The number of benzene rings is 2. The van der Waals surface area contributed by atoms with Gasteiger partial charge in [-0.1, -0.05) is 49.7 Å². The van der Waals surface area contributed by atoms with E-state index in [1.165, 1.54) is 23.1 Å². The van der Waals surface area contributed by atoms with Crippen molar-refractivity contribution in [2.24, 2.45) is 0 Å². The van der Waals surface area contributed by atoms with Gasteiger partial charge in [0, 0.05) is 4.90 Å². The number of hydrogen-bond donors (Lipinski definition) is 1. The van der Waals surface area contributed by atoms with Crippen LogP contribution in [0.4, 0.5) is 0 Å². The Balaban J connectivity index is 2.46. The molecule has 0 saturated carbocycles. The Kier molecular flexibility index (Phi) is 3.68. The van der Waals surface area contributed by atoms with Crippen molar-refractivity contribution in [1.29, 1.82) is 0 Å². The molecule has 2 rings (SSSR count). The van der Waals surface area contributed by atoms with Crippen LogP contribution in [-0.4, -0.2) is 0 Å². The zero-order chi connectivity index (χ0) is 11.4. The number of hydrogen-bond acceptors (Lipinski definition) is 1. The molecule has 0 nitrogen and oxygen atoms in total. The molecule has 16 heavy (non-hydrogen) atoms. The minimum absolute atomic E-state index is 1.02. The van der Waals surface area contributed by atoms with E-state index in [0.717, 1.165) is 11.3 Å². The summed E-state index contributed by atoms with van der Waals surface area (Å²) in [6.45, 7) is 2.21. The van der Waals surface area contributed by atoms with Gasteiger partial charge < -0.3 is 0 Å². The third kappa shape index (κ3) is 2.48. The van der Waals surface area contributed by atoms with E-state index >= 15 is 0 Å². The highest BCUT2D eigenvalue weighted by Crippen LogP contribution is 2.26. The molecule has 2 aromatic rings. The quantitative estimate of drug-likeness (QED) is 0.729. The van der Waals surface area contributed by atoms with Crippen molar-refractivity contribution in [3.8, 4) is 11.1 Å². The Morgan fingerprint density at radius 2 is 1.81 bits per heavy atom. The summed E-state index contributed by atoms with van der Waals surface area (Å²) in [5.41, 5.74) is 4.01. The van der Waals surface area contributed by atoms with Gasteiger partial charge in [-0.15, -0.1) is 12.6 Å². The first kappa shape index (κ1) is 11.3. The van der Waals surface area contributed by atoms with Crippen LogP contribution in [0.5, 0.6) is 0 Å². The fraction of sp³-hybridized carbons (Fsp3) is 0.200. The Morgan fingerprint density at radius 1 is 1.00 bits per heavy atom. The first-order chi connectivity index (χ1) is 7.81. The lowest BCUT2D eigenvalue weighted by Crippen LogP contribution is -1.88. The van der Waals surface area contributed by atoms with Crippen molar-refractivity contribution in [3.63, 3.8) is 0 Å². The molecule has 82 valence electrons. The molecule has 0 aliphatic carbocycles. The van der Waals surface area contributed by atoms with Crippen molar-refractivity contribution in [3.05, 3.63) is 54.1 Å². The number of rotatable bonds is 3. The van der Waals surface area contributed by atoms with Crippen LogP contribution in [0.25, 0.3) is 11.1 Å². The normalized spacial score (nSPS) is 10.4. The Bertz CT molecular complexity index is 474. The average molecular weight is 228 g/mol. The average Bonchev–Trinajstić information content (AvgIpc) is 2.30. The molecule has 0 N–H and O–H groups in total. The van der Waals surface area contributed by atoms with Gasteiger partial charge in [0.2, 0.25) is 0 Å². The van der Waals surface area contributed by atoms with Crippen molar-refractivity contribution in [1.82, 2.24) is 0 Å². The first-order valence-electron chi connectivity index (χ1n) is 5.68. The molecule has 0 spiro atoms. The Labute approximate surface area is 103 Å². The molecule has 0 heterocycles. The topological polar surface area (TPSA) is 0 Å². The van der Waals surface area contributed by atoms with E-state index in [4.69, 9.17) is 0 Å². The van der Waals surface area contributed by atoms with Crippen LogP contribution in [-0.2, 0) is 6.42 Å². The zero-order valence-corrected chi connectivity index (χ0v) is 10.4. The van der Waals surface area contributed by atoms with Crippen molar-refractivity contribution in [2.75, 3.05) is 0 Å². The predicted octanol–water partition coefficient (Wildman–Crippen LogP) is 4.59. The maximum atomic E-state index is 4.39. The molecular formula is C15H16S. The largest absolute Gasteiger partial charge is 0.143 e. The van der Waals surface area contributed by atoms with Gasteiger partial charge in [0.05, 0.1) is 0 Å². The van der Waals surface area contributed by atoms with Crippen molar-refractivity contribution < 1.29 is 0 Å². The fourth-order valence-corrected chi connectivity index (χ4v) is 2.19. The minimum atomic E-state index is 1.02. The summed E-state index contributed by atoms with van der Waals surface area (Å²) in [6, 6.07) is 16.9. The lowest BCUT2D eigenvalue weighted by Gasteiger charge is -2.09. The van der Waals surface area contributed by atoms with E-state index < -0.39 is 0 Å². The van der Waals surface area contributed by atoms with Gasteiger partial charge in [-0.25, -0.2) is 0 Å². The Morgan fingerprint density at radius 3 is 2.56 bits per heavy atom. The van der Waals surface area contributed by atoms with Gasteiger partial charge in [0.25, 0.3) is 0 Å². The van der Waals surface area contributed by atoms with Gasteiger partial charge in [-0.05, 0) is 35.2 Å². The summed E-state index contributed by atoms with van der Waals surface area (Å²) >= 11 is 4.39. The third-order valence-corrected chi connectivity index (χ3v) is 2.97. The van der Waals surface area contributed by atoms with Gasteiger partial charge in [-0.3, -0.25) is 0 Å². The summed E-state index contributed by atoms with van der Waals surface area (Å²) in [6.07, 6.45) is 2.31. The molecule has 2 aromatic carbocycles. The molecule has 0 amide bonds. The highest BCUT2D eigenvalue weighted by molar-refractivity contribution is 7.80. The smallest absolute Gasteiger partial charge is 0.00461 e. The molecule has 0 saturated heterocycles. The second kappa shape index (κ2) is 5.22. The van der Waals surface area contributed by atoms with Crippen molar-refractivity contribution in [2.45, 2.75) is 24.7 Å². The van der Waals surface area contributed by atoms with Gasteiger partial charge in [0.15, 0.2) is 0 Å². The number of aryl methyl sites for hydroxylation is 1. The summed E-state index contributed by atoms with van der Waals surface area (Å²) in [7, 11) is 0. The van der Waals surface area contributed by atoms with Crippen LogP contribution in [0.1, 0.15) is 18.9 Å². The van der Waals surface area contributed by atoms with Crippen LogP contribution in [0.3, 0.4) is 0 Å². The molecule has 0 aliphatic heterocycles. The second-order valence-electron chi connectivity index (χ2n) is 3.96. The van der Waals surface area contributed by atoms with E-state index in [1.54, 1.807) is 0 Å². The summed E-state index contributed by atoms with van der Waals surface area (Å²) < 4.78 is 0. The maximum Gasteiger partial charge on any atom is 0.00461 e. The molecular weight excluding hydrogens is 212 g/mol. The third-order valence-electron chi connectivity index (χ3n) is 2.69. The van der Waals surface area contributed by atoms with E-state index in [0.29, 0.717) is 0 Å². The molecule has 1 heteroatoms. The van der Waals surface area contributed by atoms with Gasteiger partial charge in [-0.2, -0.15) is 0 Å². The molecule has 0 aliphatic rings. The number of thiol groups is 1. The minimum Gasteiger partial charge on any atom is -0.143 e. The summed E-state index contributed by atoms with van der Waals surface area (Å²) in [4.78, 5) is 1.02. The highest BCUT2D eigenvalue weighted by Gasteiger charge is 2.03. The Hall–Kier alpha value is -1.21. The van der Waals surface area contributed by atoms with Crippen LogP contribution >= 0.6 is 12.6 Å². The first-order valence-corrected chi connectivity index (χ1v) is 6.13. The SMILES string of the molecule is CCCc1ccccc1-c1cccc(S)c1.